The molecule has 0 saturated carbocycles. The number of pyridine rings is 1. The monoisotopic (exact) mass is 325 g/mol. The van der Waals surface area contributed by atoms with Gasteiger partial charge in [0.1, 0.15) is 4.88 Å². The molecule has 9 heteroatoms. The van der Waals surface area contributed by atoms with E-state index in [2.05, 4.69) is 20.4 Å². The van der Waals surface area contributed by atoms with Gasteiger partial charge in [-0.3, -0.25) is 0 Å². The standard InChI is InChI=1S/C13H10F3N5S/c14-13(15,16)10-8-19-12(22-10)18-7-9-3-1-4-17-11(9)21-6-2-5-20-21/h1-6,8H,7H2,(H,18,19). The Morgan fingerprint density at radius 1 is 1.18 bits per heavy atom. The molecule has 22 heavy (non-hydrogen) atoms. The molecular weight excluding hydrogens is 315 g/mol. The van der Waals surface area contributed by atoms with E-state index in [1.54, 1.807) is 35.4 Å². The molecule has 3 aromatic rings. The molecule has 114 valence electrons. The summed E-state index contributed by atoms with van der Waals surface area (Å²) in [5.41, 5.74) is 0.801. The Bertz CT molecular complexity index is 751. The molecule has 1 N–H and O–H groups in total. The van der Waals surface area contributed by atoms with Crippen molar-refractivity contribution in [3.8, 4) is 5.82 Å². The fraction of sp³-hybridized carbons (Fsp3) is 0.154. The van der Waals surface area contributed by atoms with Crippen molar-refractivity contribution < 1.29 is 13.2 Å². The van der Waals surface area contributed by atoms with Crippen LogP contribution >= 0.6 is 11.3 Å². The number of halogens is 3. The fourth-order valence-electron chi connectivity index (χ4n) is 1.83. The van der Waals surface area contributed by atoms with Crippen LogP contribution < -0.4 is 5.32 Å². The molecule has 0 radical (unpaired) electrons. The molecule has 0 unspecified atom stereocenters. The van der Waals surface area contributed by atoms with Crippen molar-refractivity contribution in [1.29, 1.82) is 0 Å². The zero-order chi connectivity index (χ0) is 15.6. The number of nitrogens with zero attached hydrogens (tertiary/aromatic N) is 4. The maximum atomic E-state index is 12.5. The summed E-state index contributed by atoms with van der Waals surface area (Å²) in [5.74, 6) is 0.618. The number of anilines is 1. The van der Waals surface area contributed by atoms with Gasteiger partial charge in [0.2, 0.25) is 0 Å². The van der Waals surface area contributed by atoms with E-state index >= 15 is 0 Å². The number of nitrogens with one attached hydrogen (secondary N) is 1. The lowest BCUT2D eigenvalue weighted by molar-refractivity contribution is -0.134. The Labute approximate surface area is 127 Å². The summed E-state index contributed by atoms with van der Waals surface area (Å²) in [6.45, 7) is 0.299. The van der Waals surface area contributed by atoms with Crippen molar-refractivity contribution >= 4 is 16.5 Å². The highest BCUT2D eigenvalue weighted by atomic mass is 32.1. The van der Waals surface area contributed by atoms with Gasteiger partial charge in [-0.25, -0.2) is 14.6 Å². The molecular formula is C13H10F3N5S. The molecule has 3 rings (SSSR count). The summed E-state index contributed by atoms with van der Waals surface area (Å²) < 4.78 is 39.2. The van der Waals surface area contributed by atoms with Crippen LogP contribution in [0.1, 0.15) is 10.4 Å². The summed E-state index contributed by atoms with van der Waals surface area (Å²) in [6.07, 6.45) is 1.46. The molecule has 0 atom stereocenters. The van der Waals surface area contributed by atoms with Gasteiger partial charge in [-0.15, -0.1) is 0 Å². The van der Waals surface area contributed by atoms with E-state index in [0.29, 0.717) is 23.7 Å². The van der Waals surface area contributed by atoms with Gasteiger partial charge in [0, 0.05) is 30.7 Å². The molecule has 0 aliphatic heterocycles. The number of hydrogen-bond donors (Lipinski definition) is 1. The highest BCUT2D eigenvalue weighted by molar-refractivity contribution is 7.15. The molecule has 0 aliphatic carbocycles. The second-order valence-electron chi connectivity index (χ2n) is 4.32. The average Bonchev–Trinajstić information content (AvgIpc) is 3.16. The quantitative estimate of drug-likeness (QED) is 0.799. The zero-order valence-electron chi connectivity index (χ0n) is 11.1. The van der Waals surface area contributed by atoms with Crippen molar-refractivity contribution in [3.05, 3.63) is 53.4 Å². The van der Waals surface area contributed by atoms with Crippen LogP contribution in [0, 0.1) is 0 Å². The molecule has 3 heterocycles. The smallest absolute Gasteiger partial charge is 0.357 e. The van der Waals surface area contributed by atoms with E-state index in [9.17, 15) is 13.2 Å². The van der Waals surface area contributed by atoms with Crippen LogP contribution in [-0.2, 0) is 12.7 Å². The van der Waals surface area contributed by atoms with E-state index in [0.717, 1.165) is 11.8 Å². The third-order valence-electron chi connectivity index (χ3n) is 2.80. The van der Waals surface area contributed by atoms with Crippen LogP contribution in [0.25, 0.3) is 5.82 Å². The molecule has 0 aliphatic rings. The summed E-state index contributed by atoms with van der Waals surface area (Å²) in [6, 6.07) is 5.35. The van der Waals surface area contributed by atoms with E-state index in [4.69, 9.17) is 0 Å². The number of alkyl halides is 3. The first-order valence-corrected chi connectivity index (χ1v) is 7.06. The highest BCUT2D eigenvalue weighted by Gasteiger charge is 2.33. The fourth-order valence-corrected chi connectivity index (χ4v) is 2.51. The van der Waals surface area contributed by atoms with E-state index < -0.39 is 11.1 Å². The topological polar surface area (TPSA) is 55.6 Å². The summed E-state index contributed by atoms with van der Waals surface area (Å²) in [5, 5.41) is 7.20. The normalized spacial score (nSPS) is 11.6. The number of rotatable bonds is 4. The van der Waals surface area contributed by atoms with Crippen molar-refractivity contribution in [1.82, 2.24) is 19.7 Å². The second kappa shape index (κ2) is 5.76. The van der Waals surface area contributed by atoms with Gasteiger partial charge in [-0.05, 0) is 12.1 Å². The van der Waals surface area contributed by atoms with Crippen LogP contribution in [0.3, 0.4) is 0 Å². The minimum atomic E-state index is -4.37. The Morgan fingerprint density at radius 2 is 2.05 bits per heavy atom. The lowest BCUT2D eigenvalue weighted by Gasteiger charge is -2.08. The molecule has 0 spiro atoms. The Balaban J connectivity index is 1.76. The molecule has 3 aromatic heterocycles. The molecule has 0 fully saturated rings. The first-order valence-electron chi connectivity index (χ1n) is 6.25. The van der Waals surface area contributed by atoms with E-state index in [1.807, 2.05) is 6.07 Å². The van der Waals surface area contributed by atoms with Crippen LogP contribution in [0.2, 0.25) is 0 Å². The van der Waals surface area contributed by atoms with Crippen LogP contribution in [0.15, 0.2) is 43.0 Å². The third-order valence-corrected chi connectivity index (χ3v) is 3.80. The third kappa shape index (κ3) is 3.08. The summed E-state index contributed by atoms with van der Waals surface area (Å²) in [4.78, 5) is 7.25. The van der Waals surface area contributed by atoms with Gasteiger partial charge in [0.05, 0.1) is 6.20 Å². The van der Waals surface area contributed by atoms with Crippen molar-refractivity contribution in [3.63, 3.8) is 0 Å². The molecule has 0 aromatic carbocycles. The minimum absolute atomic E-state index is 0.211. The van der Waals surface area contributed by atoms with Crippen molar-refractivity contribution in [2.24, 2.45) is 0 Å². The van der Waals surface area contributed by atoms with Gasteiger partial charge < -0.3 is 5.32 Å². The number of hydrogen-bond acceptors (Lipinski definition) is 5. The maximum Gasteiger partial charge on any atom is 0.427 e. The Hall–Kier alpha value is -2.42. The van der Waals surface area contributed by atoms with Crippen LogP contribution in [0.5, 0.6) is 0 Å². The largest absolute Gasteiger partial charge is 0.427 e. The first kappa shape index (κ1) is 14.5. The van der Waals surface area contributed by atoms with Gasteiger partial charge in [-0.1, -0.05) is 17.4 Å². The first-order chi connectivity index (χ1) is 10.5. The molecule has 5 nitrogen and oxygen atoms in total. The lowest BCUT2D eigenvalue weighted by Crippen LogP contribution is -2.07. The number of aromatic nitrogens is 4. The van der Waals surface area contributed by atoms with E-state index in [-0.39, 0.29) is 5.13 Å². The summed E-state index contributed by atoms with van der Waals surface area (Å²) in [7, 11) is 0. The van der Waals surface area contributed by atoms with Crippen LogP contribution in [0.4, 0.5) is 18.3 Å². The SMILES string of the molecule is FC(F)(F)c1cnc(NCc2cccnc2-n2cccn2)s1. The van der Waals surface area contributed by atoms with Crippen molar-refractivity contribution in [2.75, 3.05) is 5.32 Å². The van der Waals surface area contributed by atoms with E-state index in [1.165, 1.54) is 0 Å². The molecule has 0 saturated heterocycles. The van der Waals surface area contributed by atoms with Crippen LogP contribution in [-0.4, -0.2) is 19.7 Å². The minimum Gasteiger partial charge on any atom is -0.357 e. The second-order valence-corrected chi connectivity index (χ2v) is 5.35. The van der Waals surface area contributed by atoms with Gasteiger partial charge in [0.15, 0.2) is 10.9 Å². The molecule has 0 amide bonds. The Morgan fingerprint density at radius 3 is 2.73 bits per heavy atom. The van der Waals surface area contributed by atoms with Gasteiger partial charge in [0.25, 0.3) is 0 Å². The Kier molecular flexibility index (Phi) is 3.80. The zero-order valence-corrected chi connectivity index (χ0v) is 11.9. The predicted molar refractivity (Wildman–Crippen MR) is 75.8 cm³/mol. The van der Waals surface area contributed by atoms with Gasteiger partial charge in [-0.2, -0.15) is 18.3 Å². The predicted octanol–water partition coefficient (Wildman–Crippen LogP) is 3.35. The summed E-state index contributed by atoms with van der Waals surface area (Å²) >= 11 is 0.572. The number of thiazole rings is 1. The van der Waals surface area contributed by atoms with Crippen molar-refractivity contribution in [2.45, 2.75) is 12.7 Å². The molecule has 0 bridgehead atoms. The van der Waals surface area contributed by atoms with Gasteiger partial charge >= 0.3 is 6.18 Å². The average molecular weight is 325 g/mol. The highest BCUT2D eigenvalue weighted by Crippen LogP contribution is 2.35. The maximum absolute atomic E-state index is 12.5. The lowest BCUT2D eigenvalue weighted by atomic mass is 10.2.